The molecule has 0 spiro atoms. The van der Waals surface area contributed by atoms with Gasteiger partial charge in [0.2, 0.25) is 0 Å². The molecular formula is C10H9ClO2S. The third-order valence-electron chi connectivity index (χ3n) is 2.11. The molecule has 1 aromatic heterocycles. The molecule has 14 heavy (non-hydrogen) atoms. The van der Waals surface area contributed by atoms with E-state index in [1.54, 1.807) is 24.5 Å². The molecule has 0 fully saturated rings. The minimum atomic E-state index is -0.0664. The molecule has 0 aliphatic heterocycles. The lowest BCUT2D eigenvalue weighted by molar-refractivity contribution is 0.281. The van der Waals surface area contributed by atoms with Gasteiger partial charge in [-0.15, -0.1) is 11.3 Å². The average Bonchev–Trinajstić information content (AvgIpc) is 2.68. The number of methoxy groups -OCH3 is 1. The summed E-state index contributed by atoms with van der Waals surface area (Å²) in [6.07, 6.45) is 0. The second-order valence-corrected chi connectivity index (χ2v) is 4.17. The smallest absolute Gasteiger partial charge is 0.127 e. The van der Waals surface area contributed by atoms with Crippen LogP contribution in [-0.4, -0.2) is 12.2 Å². The lowest BCUT2D eigenvalue weighted by Gasteiger charge is -2.07. The Labute approximate surface area is 90.7 Å². The fraction of sp³-hybridized carbons (Fsp3) is 0.200. The van der Waals surface area contributed by atoms with E-state index in [1.165, 1.54) is 0 Å². The van der Waals surface area contributed by atoms with Crippen molar-refractivity contribution in [3.8, 4) is 5.75 Å². The average molecular weight is 229 g/mol. The van der Waals surface area contributed by atoms with Crippen LogP contribution >= 0.6 is 22.9 Å². The first kappa shape index (κ1) is 9.77. The molecule has 0 bridgehead atoms. The first-order valence-corrected chi connectivity index (χ1v) is 5.37. The molecule has 0 amide bonds. The quantitative estimate of drug-likeness (QED) is 0.856. The number of hydrogen-bond acceptors (Lipinski definition) is 3. The van der Waals surface area contributed by atoms with Crippen molar-refractivity contribution < 1.29 is 9.84 Å². The summed E-state index contributed by atoms with van der Waals surface area (Å²) in [5.41, 5.74) is 0.707. The summed E-state index contributed by atoms with van der Waals surface area (Å²) in [7, 11) is 1.61. The summed E-state index contributed by atoms with van der Waals surface area (Å²) in [6.45, 7) is -0.0664. The Morgan fingerprint density at radius 2 is 2.36 bits per heavy atom. The predicted octanol–water partition coefficient (Wildman–Crippen LogP) is 3.06. The van der Waals surface area contributed by atoms with Gasteiger partial charge in [0.25, 0.3) is 0 Å². The molecule has 0 aliphatic rings. The third kappa shape index (κ3) is 1.38. The van der Waals surface area contributed by atoms with Gasteiger partial charge in [0.05, 0.1) is 23.4 Å². The van der Waals surface area contributed by atoms with Gasteiger partial charge in [0, 0.05) is 10.9 Å². The van der Waals surface area contributed by atoms with Gasteiger partial charge < -0.3 is 9.84 Å². The van der Waals surface area contributed by atoms with Gasteiger partial charge in [0.1, 0.15) is 5.75 Å². The fourth-order valence-electron chi connectivity index (χ4n) is 1.40. The Balaban J connectivity index is 2.80. The molecule has 1 heterocycles. The highest BCUT2D eigenvalue weighted by Crippen LogP contribution is 2.37. The molecular weight excluding hydrogens is 220 g/mol. The Bertz CT molecular complexity index is 464. The van der Waals surface area contributed by atoms with E-state index in [0.29, 0.717) is 10.6 Å². The highest BCUT2D eigenvalue weighted by Gasteiger charge is 2.11. The van der Waals surface area contributed by atoms with Crippen LogP contribution in [0.5, 0.6) is 5.75 Å². The molecule has 0 saturated heterocycles. The molecule has 2 rings (SSSR count). The predicted molar refractivity (Wildman–Crippen MR) is 59.3 cm³/mol. The number of halogens is 1. The number of ether oxygens (including phenoxy) is 1. The molecule has 4 heteroatoms. The number of thiophene rings is 1. The zero-order valence-electron chi connectivity index (χ0n) is 7.58. The number of hydrogen-bond donors (Lipinski definition) is 1. The van der Waals surface area contributed by atoms with Crippen molar-refractivity contribution in [3.05, 3.63) is 28.1 Å². The van der Waals surface area contributed by atoms with Gasteiger partial charge in [-0.1, -0.05) is 11.6 Å². The molecule has 1 aromatic carbocycles. The van der Waals surface area contributed by atoms with Crippen LogP contribution in [0.1, 0.15) is 5.56 Å². The molecule has 2 nitrogen and oxygen atoms in total. The van der Waals surface area contributed by atoms with Crippen molar-refractivity contribution in [2.45, 2.75) is 6.61 Å². The number of rotatable bonds is 2. The fourth-order valence-corrected chi connectivity index (χ4v) is 2.62. The van der Waals surface area contributed by atoms with E-state index in [-0.39, 0.29) is 6.61 Å². The number of benzene rings is 1. The number of fused-ring (bicyclic) bond motifs is 1. The molecule has 0 unspecified atom stereocenters. The largest absolute Gasteiger partial charge is 0.496 e. The highest BCUT2D eigenvalue weighted by molar-refractivity contribution is 7.18. The minimum Gasteiger partial charge on any atom is -0.496 e. The second kappa shape index (κ2) is 3.77. The van der Waals surface area contributed by atoms with Crippen LogP contribution in [0.25, 0.3) is 10.1 Å². The Hall–Kier alpha value is -0.770. The van der Waals surface area contributed by atoms with Gasteiger partial charge in [-0.3, -0.25) is 0 Å². The van der Waals surface area contributed by atoms with Gasteiger partial charge in [-0.2, -0.15) is 0 Å². The van der Waals surface area contributed by atoms with Crippen molar-refractivity contribution in [1.29, 1.82) is 0 Å². The monoisotopic (exact) mass is 228 g/mol. The van der Waals surface area contributed by atoms with Crippen LogP contribution in [0.3, 0.4) is 0 Å². The summed E-state index contributed by atoms with van der Waals surface area (Å²) in [6, 6.07) is 3.74. The number of aliphatic hydroxyl groups is 1. The first-order valence-electron chi connectivity index (χ1n) is 4.11. The molecule has 0 aliphatic carbocycles. The van der Waals surface area contributed by atoms with Crippen LogP contribution in [0.4, 0.5) is 0 Å². The molecule has 0 radical (unpaired) electrons. The molecule has 0 atom stereocenters. The van der Waals surface area contributed by atoms with Crippen molar-refractivity contribution in [2.75, 3.05) is 7.11 Å². The summed E-state index contributed by atoms with van der Waals surface area (Å²) in [5, 5.41) is 12.7. The van der Waals surface area contributed by atoms with Crippen LogP contribution in [0.2, 0.25) is 5.02 Å². The van der Waals surface area contributed by atoms with Crippen LogP contribution in [0, 0.1) is 0 Å². The van der Waals surface area contributed by atoms with Gasteiger partial charge in [0.15, 0.2) is 0 Å². The zero-order chi connectivity index (χ0) is 10.1. The van der Waals surface area contributed by atoms with Crippen molar-refractivity contribution in [3.63, 3.8) is 0 Å². The summed E-state index contributed by atoms with van der Waals surface area (Å²) in [4.78, 5) is 0. The van der Waals surface area contributed by atoms with E-state index in [2.05, 4.69) is 0 Å². The molecule has 1 N–H and O–H groups in total. The van der Waals surface area contributed by atoms with Gasteiger partial charge >= 0.3 is 0 Å². The SMILES string of the molecule is COc1cc(CO)c(Cl)c2sccc12. The van der Waals surface area contributed by atoms with Crippen LogP contribution < -0.4 is 4.74 Å². The van der Waals surface area contributed by atoms with E-state index in [4.69, 9.17) is 21.4 Å². The highest BCUT2D eigenvalue weighted by atomic mass is 35.5. The summed E-state index contributed by atoms with van der Waals surface area (Å²) >= 11 is 7.66. The third-order valence-corrected chi connectivity index (χ3v) is 3.58. The first-order chi connectivity index (χ1) is 6.77. The van der Waals surface area contributed by atoms with Gasteiger partial charge in [-0.25, -0.2) is 0 Å². The lowest BCUT2D eigenvalue weighted by atomic mass is 10.1. The summed E-state index contributed by atoms with van der Waals surface area (Å²) in [5.74, 6) is 0.759. The number of aliphatic hydroxyl groups excluding tert-OH is 1. The standard InChI is InChI=1S/C10H9ClO2S/c1-13-8-4-6(5-12)9(11)10-7(8)2-3-14-10/h2-4,12H,5H2,1H3. The van der Waals surface area contributed by atoms with E-state index in [0.717, 1.165) is 15.8 Å². The molecule has 2 aromatic rings. The van der Waals surface area contributed by atoms with Gasteiger partial charge in [-0.05, 0) is 17.5 Å². The topological polar surface area (TPSA) is 29.5 Å². The normalized spacial score (nSPS) is 10.8. The van der Waals surface area contributed by atoms with E-state index in [1.807, 2.05) is 11.4 Å². The Morgan fingerprint density at radius 3 is 3.00 bits per heavy atom. The van der Waals surface area contributed by atoms with Crippen molar-refractivity contribution >= 4 is 33.0 Å². The van der Waals surface area contributed by atoms with Crippen LogP contribution in [-0.2, 0) is 6.61 Å². The van der Waals surface area contributed by atoms with E-state index >= 15 is 0 Å². The Morgan fingerprint density at radius 1 is 1.57 bits per heavy atom. The van der Waals surface area contributed by atoms with Crippen molar-refractivity contribution in [2.24, 2.45) is 0 Å². The maximum Gasteiger partial charge on any atom is 0.127 e. The van der Waals surface area contributed by atoms with Crippen molar-refractivity contribution in [1.82, 2.24) is 0 Å². The zero-order valence-corrected chi connectivity index (χ0v) is 9.15. The van der Waals surface area contributed by atoms with E-state index in [9.17, 15) is 0 Å². The molecule has 74 valence electrons. The lowest BCUT2D eigenvalue weighted by Crippen LogP contribution is -1.89. The van der Waals surface area contributed by atoms with E-state index < -0.39 is 0 Å². The second-order valence-electron chi connectivity index (χ2n) is 2.87. The Kier molecular flexibility index (Phi) is 2.63. The van der Waals surface area contributed by atoms with Crippen LogP contribution in [0.15, 0.2) is 17.5 Å². The molecule has 0 saturated carbocycles. The maximum atomic E-state index is 9.10. The minimum absolute atomic E-state index is 0.0664. The summed E-state index contributed by atoms with van der Waals surface area (Å²) < 4.78 is 6.19. The maximum absolute atomic E-state index is 9.10.